The molecule has 1 N–H and O–H groups in total. The van der Waals surface area contributed by atoms with Crippen LogP contribution in [-0.2, 0) is 0 Å². The van der Waals surface area contributed by atoms with Gasteiger partial charge in [0.25, 0.3) is 0 Å². The summed E-state index contributed by atoms with van der Waals surface area (Å²) >= 11 is 0. The molecule has 2 amide bonds. The van der Waals surface area contributed by atoms with Gasteiger partial charge in [0.2, 0.25) is 0 Å². The van der Waals surface area contributed by atoms with Crippen molar-refractivity contribution in [1.29, 1.82) is 0 Å². The van der Waals surface area contributed by atoms with Crippen molar-refractivity contribution in [3.8, 4) is 0 Å². The maximum atomic E-state index is 13.1. The zero-order chi connectivity index (χ0) is 23.5. The molecule has 4 rings (SSSR count). The Balaban J connectivity index is 0.000000320. The van der Waals surface area contributed by atoms with Crippen molar-refractivity contribution in [3.05, 3.63) is 29.7 Å². The molecule has 1 aromatic heterocycles. The van der Waals surface area contributed by atoms with E-state index in [1.165, 1.54) is 31.4 Å². The van der Waals surface area contributed by atoms with Gasteiger partial charge in [0.1, 0.15) is 5.82 Å². The molecule has 7 heteroatoms. The summed E-state index contributed by atoms with van der Waals surface area (Å²) in [4.78, 5) is 15.3. The second-order valence-electron chi connectivity index (χ2n) is 8.60. The molecular weight excluding hydrogens is 419 g/mol. The molecule has 0 spiro atoms. The van der Waals surface area contributed by atoms with E-state index in [1.807, 2.05) is 13.8 Å². The maximum Gasteiger partial charge on any atom is 0.317 e. The van der Waals surface area contributed by atoms with Crippen LogP contribution in [0.25, 0.3) is 11.0 Å². The van der Waals surface area contributed by atoms with E-state index < -0.39 is 0 Å². The molecule has 2 aliphatic rings. The minimum Gasteiger partial charge on any atom is -0.356 e. The van der Waals surface area contributed by atoms with Gasteiger partial charge in [-0.3, -0.25) is 0 Å². The second kappa shape index (κ2) is 14.9. The molecule has 1 aromatic carbocycles. The number of nitrogens with one attached hydrogen (secondary N) is 1. The highest BCUT2D eigenvalue weighted by molar-refractivity contribution is 5.79. The van der Waals surface area contributed by atoms with Crippen molar-refractivity contribution in [2.45, 2.75) is 85.1 Å². The molecule has 0 unspecified atom stereocenters. The minimum absolute atomic E-state index is 0. The summed E-state index contributed by atoms with van der Waals surface area (Å²) in [7, 11) is 3.55. The van der Waals surface area contributed by atoms with Gasteiger partial charge in [-0.1, -0.05) is 52.6 Å². The van der Waals surface area contributed by atoms with Crippen LogP contribution in [-0.4, -0.2) is 60.8 Å². The van der Waals surface area contributed by atoms with E-state index in [0.717, 1.165) is 56.4 Å². The van der Waals surface area contributed by atoms with Gasteiger partial charge in [-0.15, -0.1) is 0 Å². The predicted molar refractivity (Wildman–Crippen MR) is 135 cm³/mol. The van der Waals surface area contributed by atoms with E-state index in [2.05, 4.69) is 22.3 Å². The van der Waals surface area contributed by atoms with Gasteiger partial charge in [-0.25, -0.2) is 9.18 Å². The molecule has 2 heterocycles. The van der Waals surface area contributed by atoms with Gasteiger partial charge in [0.15, 0.2) is 5.58 Å². The van der Waals surface area contributed by atoms with Crippen molar-refractivity contribution < 1.29 is 13.7 Å². The Morgan fingerprint density at radius 1 is 1.15 bits per heavy atom. The molecule has 2 aromatic rings. The summed E-state index contributed by atoms with van der Waals surface area (Å²) in [6.45, 7) is 9.51. The first-order chi connectivity index (χ1) is 15.5. The summed E-state index contributed by atoms with van der Waals surface area (Å²) in [5.41, 5.74) is 1.56. The monoisotopic (exact) mass is 464 g/mol. The Kier molecular flexibility index (Phi) is 13.0. The smallest absolute Gasteiger partial charge is 0.317 e. The lowest BCUT2D eigenvalue weighted by Crippen LogP contribution is -2.42. The van der Waals surface area contributed by atoms with Gasteiger partial charge in [-0.2, -0.15) is 0 Å². The van der Waals surface area contributed by atoms with Crippen molar-refractivity contribution in [2.24, 2.45) is 0 Å². The highest BCUT2D eigenvalue weighted by Crippen LogP contribution is 2.32. The quantitative estimate of drug-likeness (QED) is 0.569. The standard InChI is InChI=1S/C14H17FN2O.C9H18N2O.C2H6.CH4/c1-2-17-7-5-10(6-8-17)14-12-4-3-11(15)9-13(12)18-16-14;1-11(2)9(12)10-8-6-4-3-5-7-8;1-2;/h3-4,9-10H,2,5-8H2,1H3;8H,3-7H2,1-2H3,(H,10,12);1-2H3;1H4. The molecule has 33 heavy (non-hydrogen) atoms. The highest BCUT2D eigenvalue weighted by Gasteiger charge is 2.24. The first-order valence-electron chi connectivity index (χ1n) is 12.2. The zero-order valence-corrected chi connectivity index (χ0v) is 20.5. The second-order valence-corrected chi connectivity index (χ2v) is 8.60. The Morgan fingerprint density at radius 3 is 2.36 bits per heavy atom. The first-order valence-corrected chi connectivity index (χ1v) is 12.2. The van der Waals surface area contributed by atoms with Crippen LogP contribution in [0.5, 0.6) is 0 Å². The number of carbonyl (C=O) groups is 1. The number of nitrogens with zero attached hydrogens (tertiary/aromatic N) is 3. The molecule has 1 saturated heterocycles. The highest BCUT2D eigenvalue weighted by atomic mass is 19.1. The van der Waals surface area contributed by atoms with Crippen LogP contribution < -0.4 is 5.32 Å². The van der Waals surface area contributed by atoms with Crippen molar-refractivity contribution in [1.82, 2.24) is 20.3 Å². The summed E-state index contributed by atoms with van der Waals surface area (Å²) in [5.74, 6) is 0.172. The lowest BCUT2D eigenvalue weighted by Gasteiger charge is -2.29. The van der Waals surface area contributed by atoms with E-state index in [9.17, 15) is 9.18 Å². The number of amides is 2. The average Bonchev–Trinajstić information content (AvgIpc) is 3.24. The number of aromatic nitrogens is 1. The first kappa shape index (κ1) is 28.9. The van der Waals surface area contributed by atoms with E-state index in [4.69, 9.17) is 4.52 Å². The van der Waals surface area contributed by atoms with E-state index in [0.29, 0.717) is 17.5 Å². The third-order valence-corrected chi connectivity index (χ3v) is 6.22. The fourth-order valence-electron chi connectivity index (χ4n) is 4.30. The van der Waals surface area contributed by atoms with E-state index >= 15 is 0 Å². The number of hydrogen-bond donors (Lipinski definition) is 1. The average molecular weight is 465 g/mol. The molecule has 1 aliphatic heterocycles. The normalized spacial score (nSPS) is 17.2. The zero-order valence-electron chi connectivity index (χ0n) is 20.5. The number of benzene rings is 1. The molecule has 188 valence electrons. The van der Waals surface area contributed by atoms with E-state index in [-0.39, 0.29) is 19.3 Å². The largest absolute Gasteiger partial charge is 0.356 e. The Bertz CT molecular complexity index is 810. The molecular formula is C26H45FN4O2. The number of urea groups is 1. The van der Waals surface area contributed by atoms with Crippen LogP contribution in [0.4, 0.5) is 9.18 Å². The van der Waals surface area contributed by atoms with Crippen LogP contribution >= 0.6 is 0 Å². The fourth-order valence-corrected chi connectivity index (χ4v) is 4.30. The van der Waals surface area contributed by atoms with Crippen LogP contribution in [0.2, 0.25) is 0 Å². The van der Waals surface area contributed by atoms with Gasteiger partial charge < -0.3 is 19.6 Å². The topological polar surface area (TPSA) is 61.6 Å². The van der Waals surface area contributed by atoms with Crippen molar-refractivity contribution in [2.75, 3.05) is 33.7 Å². The van der Waals surface area contributed by atoms with Crippen LogP contribution in [0.3, 0.4) is 0 Å². The number of carbonyl (C=O) groups excluding carboxylic acids is 1. The molecule has 0 bridgehead atoms. The van der Waals surface area contributed by atoms with Crippen molar-refractivity contribution >= 4 is 17.0 Å². The maximum absolute atomic E-state index is 13.1. The summed E-state index contributed by atoms with van der Waals surface area (Å²) in [6.07, 6.45) is 8.37. The van der Waals surface area contributed by atoms with Crippen LogP contribution in [0.15, 0.2) is 22.7 Å². The van der Waals surface area contributed by atoms with Crippen LogP contribution in [0, 0.1) is 5.82 Å². The van der Waals surface area contributed by atoms with Crippen molar-refractivity contribution in [3.63, 3.8) is 0 Å². The predicted octanol–water partition coefficient (Wildman–Crippen LogP) is 6.42. The third-order valence-electron chi connectivity index (χ3n) is 6.22. The number of hydrogen-bond acceptors (Lipinski definition) is 4. The number of piperidine rings is 1. The summed E-state index contributed by atoms with van der Waals surface area (Å²) < 4.78 is 18.3. The Hall–Kier alpha value is -2.15. The number of rotatable bonds is 3. The molecule has 0 radical (unpaired) electrons. The Morgan fingerprint density at radius 2 is 1.79 bits per heavy atom. The van der Waals surface area contributed by atoms with Crippen LogP contribution in [0.1, 0.15) is 84.8 Å². The number of halogens is 1. The molecule has 1 aliphatic carbocycles. The SMILES string of the molecule is C.CC.CCN1CCC(c2noc3cc(F)ccc23)CC1.CN(C)C(=O)NC1CCCCC1. The molecule has 0 atom stereocenters. The summed E-state index contributed by atoms with van der Waals surface area (Å²) in [5, 5.41) is 8.12. The lowest BCUT2D eigenvalue weighted by molar-refractivity contribution is 0.209. The minimum atomic E-state index is -0.272. The number of likely N-dealkylation sites (tertiary alicyclic amines) is 1. The fraction of sp³-hybridized carbons (Fsp3) is 0.692. The molecule has 6 nitrogen and oxygen atoms in total. The summed E-state index contributed by atoms with van der Waals surface area (Å²) in [6, 6.07) is 5.13. The van der Waals surface area contributed by atoms with Gasteiger partial charge in [0.05, 0.1) is 5.69 Å². The van der Waals surface area contributed by atoms with Gasteiger partial charge in [-0.05, 0) is 57.5 Å². The van der Waals surface area contributed by atoms with Gasteiger partial charge >= 0.3 is 6.03 Å². The lowest BCUT2D eigenvalue weighted by atomic mass is 9.91. The third kappa shape index (κ3) is 8.61. The molecule has 2 fully saturated rings. The van der Waals surface area contributed by atoms with Gasteiger partial charge in [0, 0.05) is 37.5 Å². The molecule has 1 saturated carbocycles. The van der Waals surface area contributed by atoms with E-state index in [1.54, 1.807) is 25.1 Å². The Labute approximate surface area is 199 Å². The number of fused-ring (bicyclic) bond motifs is 1.